The second-order valence-electron chi connectivity index (χ2n) is 7.20. The van der Waals surface area contributed by atoms with Gasteiger partial charge in [0, 0.05) is 43.5 Å². The van der Waals surface area contributed by atoms with Crippen LogP contribution in [-0.2, 0) is 4.74 Å². The van der Waals surface area contributed by atoms with Crippen LogP contribution in [0.4, 0.5) is 17.5 Å². The fourth-order valence-electron chi connectivity index (χ4n) is 3.28. The lowest BCUT2D eigenvalue weighted by atomic mass is 10.1. The SMILES string of the molecule is Cc1ccc(Nc2nc(NCCN3CCOCC3)cc(-c3ccccc3)n2)cc1. The number of aryl methyl sites for hydroxylation is 1. The van der Waals surface area contributed by atoms with Gasteiger partial charge in [-0.05, 0) is 19.1 Å². The van der Waals surface area contributed by atoms with Crippen molar-refractivity contribution in [2.24, 2.45) is 0 Å². The van der Waals surface area contributed by atoms with Crippen LogP contribution in [-0.4, -0.2) is 54.3 Å². The van der Waals surface area contributed by atoms with E-state index >= 15 is 0 Å². The molecule has 4 rings (SSSR count). The molecule has 0 aliphatic carbocycles. The van der Waals surface area contributed by atoms with Gasteiger partial charge in [0.15, 0.2) is 0 Å². The molecule has 2 aromatic carbocycles. The summed E-state index contributed by atoms with van der Waals surface area (Å²) in [4.78, 5) is 11.8. The number of anilines is 3. The number of aromatic nitrogens is 2. The van der Waals surface area contributed by atoms with E-state index in [1.54, 1.807) is 0 Å². The number of hydrogen-bond acceptors (Lipinski definition) is 6. The van der Waals surface area contributed by atoms with Gasteiger partial charge in [-0.1, -0.05) is 48.0 Å². The van der Waals surface area contributed by atoms with Crippen LogP contribution in [0.25, 0.3) is 11.3 Å². The van der Waals surface area contributed by atoms with Gasteiger partial charge in [-0.25, -0.2) is 4.98 Å². The van der Waals surface area contributed by atoms with Crippen LogP contribution in [0.5, 0.6) is 0 Å². The molecule has 1 aliphatic rings. The Balaban J connectivity index is 1.51. The molecule has 1 saturated heterocycles. The minimum Gasteiger partial charge on any atom is -0.379 e. The van der Waals surface area contributed by atoms with E-state index < -0.39 is 0 Å². The number of ether oxygens (including phenoxy) is 1. The van der Waals surface area contributed by atoms with Crippen LogP contribution in [0.2, 0.25) is 0 Å². The molecule has 0 amide bonds. The quantitative estimate of drug-likeness (QED) is 0.638. The third kappa shape index (κ3) is 5.53. The maximum Gasteiger partial charge on any atom is 0.229 e. The fraction of sp³-hybridized carbons (Fsp3) is 0.304. The lowest BCUT2D eigenvalue weighted by molar-refractivity contribution is 0.0398. The maximum atomic E-state index is 5.42. The Hall–Kier alpha value is -2.96. The Morgan fingerprint density at radius 2 is 1.72 bits per heavy atom. The van der Waals surface area contributed by atoms with Gasteiger partial charge in [0.05, 0.1) is 18.9 Å². The van der Waals surface area contributed by atoms with E-state index in [0.29, 0.717) is 5.95 Å². The van der Waals surface area contributed by atoms with Crippen molar-refractivity contribution in [3.63, 3.8) is 0 Å². The standard InChI is InChI=1S/C23H27N5O/c1-18-7-9-20(10-8-18)25-23-26-21(19-5-3-2-4-6-19)17-22(27-23)24-11-12-28-13-15-29-16-14-28/h2-10,17H,11-16H2,1H3,(H2,24,25,26,27). The Morgan fingerprint density at radius 3 is 2.48 bits per heavy atom. The number of hydrogen-bond donors (Lipinski definition) is 2. The first-order valence-electron chi connectivity index (χ1n) is 10.1. The lowest BCUT2D eigenvalue weighted by Crippen LogP contribution is -2.39. The van der Waals surface area contributed by atoms with Crippen LogP contribution in [0.15, 0.2) is 60.7 Å². The molecule has 6 nitrogen and oxygen atoms in total. The monoisotopic (exact) mass is 389 g/mol. The predicted octanol–water partition coefficient (Wildman–Crippen LogP) is 3.94. The van der Waals surface area contributed by atoms with Crippen LogP contribution in [0.3, 0.4) is 0 Å². The zero-order valence-electron chi connectivity index (χ0n) is 16.8. The van der Waals surface area contributed by atoms with Gasteiger partial charge >= 0.3 is 0 Å². The average Bonchev–Trinajstić information content (AvgIpc) is 2.77. The van der Waals surface area contributed by atoms with E-state index in [2.05, 4.69) is 51.7 Å². The molecular formula is C23H27N5O. The zero-order chi connectivity index (χ0) is 19.9. The molecule has 0 atom stereocenters. The van der Waals surface area contributed by atoms with Crippen molar-refractivity contribution in [2.75, 3.05) is 50.0 Å². The lowest BCUT2D eigenvalue weighted by Gasteiger charge is -2.26. The molecule has 0 spiro atoms. The number of benzene rings is 2. The van der Waals surface area contributed by atoms with E-state index in [0.717, 1.165) is 62.2 Å². The summed E-state index contributed by atoms with van der Waals surface area (Å²) in [6.45, 7) is 7.48. The Morgan fingerprint density at radius 1 is 0.966 bits per heavy atom. The van der Waals surface area contributed by atoms with Gasteiger partial charge in [-0.3, -0.25) is 4.90 Å². The highest BCUT2D eigenvalue weighted by atomic mass is 16.5. The van der Waals surface area contributed by atoms with Crippen LogP contribution < -0.4 is 10.6 Å². The molecule has 0 bridgehead atoms. The maximum absolute atomic E-state index is 5.42. The minimum absolute atomic E-state index is 0.587. The van der Waals surface area contributed by atoms with Gasteiger partial charge in [-0.2, -0.15) is 4.98 Å². The summed E-state index contributed by atoms with van der Waals surface area (Å²) in [6.07, 6.45) is 0. The number of rotatable bonds is 7. The summed E-state index contributed by atoms with van der Waals surface area (Å²) in [5.74, 6) is 1.41. The van der Waals surface area contributed by atoms with Gasteiger partial charge in [0.1, 0.15) is 5.82 Å². The van der Waals surface area contributed by atoms with E-state index in [-0.39, 0.29) is 0 Å². The van der Waals surface area contributed by atoms with E-state index in [1.165, 1.54) is 5.56 Å². The van der Waals surface area contributed by atoms with Crippen molar-refractivity contribution in [3.05, 3.63) is 66.2 Å². The summed E-state index contributed by atoms with van der Waals surface area (Å²) in [6, 6.07) is 20.4. The fourth-order valence-corrected chi connectivity index (χ4v) is 3.28. The molecular weight excluding hydrogens is 362 g/mol. The molecule has 150 valence electrons. The number of nitrogens with zero attached hydrogens (tertiary/aromatic N) is 3. The molecule has 2 heterocycles. The van der Waals surface area contributed by atoms with Gasteiger partial charge in [0.2, 0.25) is 5.95 Å². The van der Waals surface area contributed by atoms with E-state index in [1.807, 2.05) is 36.4 Å². The van der Waals surface area contributed by atoms with Crippen LogP contribution >= 0.6 is 0 Å². The predicted molar refractivity (Wildman–Crippen MR) is 118 cm³/mol. The molecule has 0 unspecified atom stereocenters. The van der Waals surface area contributed by atoms with Gasteiger partial charge < -0.3 is 15.4 Å². The third-order valence-electron chi connectivity index (χ3n) is 4.94. The first kappa shape index (κ1) is 19.4. The molecule has 6 heteroatoms. The highest BCUT2D eigenvalue weighted by molar-refractivity contribution is 5.66. The Kier molecular flexibility index (Phi) is 6.34. The number of morpholine rings is 1. The van der Waals surface area contributed by atoms with Crippen molar-refractivity contribution in [2.45, 2.75) is 6.92 Å². The topological polar surface area (TPSA) is 62.3 Å². The van der Waals surface area contributed by atoms with E-state index in [9.17, 15) is 0 Å². The molecule has 0 saturated carbocycles. The van der Waals surface area contributed by atoms with Gasteiger partial charge in [-0.15, -0.1) is 0 Å². The van der Waals surface area contributed by atoms with Crippen LogP contribution in [0.1, 0.15) is 5.56 Å². The second kappa shape index (κ2) is 9.49. The summed E-state index contributed by atoms with van der Waals surface area (Å²) >= 11 is 0. The second-order valence-corrected chi connectivity index (χ2v) is 7.20. The largest absolute Gasteiger partial charge is 0.379 e. The smallest absolute Gasteiger partial charge is 0.229 e. The molecule has 0 radical (unpaired) electrons. The van der Waals surface area contributed by atoms with Crippen molar-refractivity contribution in [1.82, 2.24) is 14.9 Å². The number of nitrogens with one attached hydrogen (secondary N) is 2. The Bertz CT molecular complexity index is 908. The molecule has 3 aromatic rings. The van der Waals surface area contributed by atoms with Crippen molar-refractivity contribution < 1.29 is 4.74 Å². The molecule has 1 aromatic heterocycles. The van der Waals surface area contributed by atoms with Crippen LogP contribution in [0, 0.1) is 6.92 Å². The summed E-state index contributed by atoms with van der Waals surface area (Å²) < 4.78 is 5.42. The highest BCUT2D eigenvalue weighted by Gasteiger charge is 2.11. The van der Waals surface area contributed by atoms with Crippen molar-refractivity contribution in [3.8, 4) is 11.3 Å². The molecule has 29 heavy (non-hydrogen) atoms. The Labute approximate surface area is 172 Å². The van der Waals surface area contributed by atoms with Crippen molar-refractivity contribution >= 4 is 17.5 Å². The molecule has 1 fully saturated rings. The normalized spacial score (nSPS) is 14.5. The summed E-state index contributed by atoms with van der Waals surface area (Å²) in [5, 5.41) is 6.80. The molecule has 2 N–H and O–H groups in total. The summed E-state index contributed by atoms with van der Waals surface area (Å²) in [7, 11) is 0. The highest BCUT2D eigenvalue weighted by Crippen LogP contribution is 2.23. The first-order valence-corrected chi connectivity index (χ1v) is 10.1. The van der Waals surface area contributed by atoms with Crippen molar-refractivity contribution in [1.29, 1.82) is 0 Å². The van der Waals surface area contributed by atoms with E-state index in [4.69, 9.17) is 9.72 Å². The zero-order valence-corrected chi connectivity index (χ0v) is 16.8. The van der Waals surface area contributed by atoms with Gasteiger partial charge in [0.25, 0.3) is 0 Å². The average molecular weight is 390 g/mol. The first-order chi connectivity index (χ1) is 14.3. The molecule has 1 aliphatic heterocycles. The third-order valence-corrected chi connectivity index (χ3v) is 4.94. The summed E-state index contributed by atoms with van der Waals surface area (Å²) in [5.41, 5.74) is 4.15. The minimum atomic E-state index is 0.587.